The minimum absolute atomic E-state index is 0.000124. The molecule has 0 bridgehead atoms. The van der Waals surface area contributed by atoms with Gasteiger partial charge in [-0.25, -0.2) is 14.8 Å². The summed E-state index contributed by atoms with van der Waals surface area (Å²) in [6.45, 7) is 11.9. The number of aromatic amines is 2. The van der Waals surface area contributed by atoms with Gasteiger partial charge < -0.3 is 98.5 Å². The number of carbonyl (C=O) groups excluding carboxylic acids is 7. The number of nitrogens with zero attached hydrogens (tertiary/aromatic N) is 7. The molecule has 15 atom stereocenters. The van der Waals surface area contributed by atoms with Gasteiger partial charge in [0, 0.05) is 67.8 Å². The quantitative estimate of drug-likeness (QED) is 0.0521. The van der Waals surface area contributed by atoms with Crippen LogP contribution in [-0.4, -0.2) is 251 Å². The van der Waals surface area contributed by atoms with Crippen LogP contribution in [0.5, 0.6) is 0 Å². The number of imide groups is 1. The van der Waals surface area contributed by atoms with Crippen molar-refractivity contribution in [2.45, 2.75) is 253 Å². The molecule has 0 aromatic carbocycles. The number of piperidine rings is 4. The third-order valence-corrected chi connectivity index (χ3v) is 20.7. The predicted molar refractivity (Wildman–Crippen MR) is 372 cm³/mol. The molecule has 6 saturated heterocycles. The van der Waals surface area contributed by atoms with E-state index in [-0.39, 0.29) is 55.2 Å². The van der Waals surface area contributed by atoms with Crippen molar-refractivity contribution >= 4 is 68.7 Å². The van der Waals surface area contributed by atoms with Gasteiger partial charge in [0.15, 0.2) is 0 Å². The summed E-state index contributed by atoms with van der Waals surface area (Å²) in [4.78, 5) is 122. The van der Waals surface area contributed by atoms with Crippen molar-refractivity contribution in [3.8, 4) is 0 Å². The molecule has 2 aromatic rings. The average molecular weight is 1620 g/mol. The summed E-state index contributed by atoms with van der Waals surface area (Å²) in [5.74, 6) is -9.72. The van der Waals surface area contributed by atoms with Crippen LogP contribution in [0.3, 0.4) is 0 Å². The van der Waals surface area contributed by atoms with Crippen LogP contribution in [0.15, 0.2) is 25.0 Å². The van der Waals surface area contributed by atoms with E-state index in [9.17, 15) is 69.0 Å². The molecule has 14 N–H and O–H groups in total. The van der Waals surface area contributed by atoms with Gasteiger partial charge in [-0.3, -0.25) is 38.5 Å². The van der Waals surface area contributed by atoms with E-state index in [0.717, 1.165) is 43.6 Å². The molecule has 7 aliphatic rings. The van der Waals surface area contributed by atoms with Crippen molar-refractivity contribution in [3.63, 3.8) is 0 Å². The molecule has 0 spiro atoms. The zero-order chi connectivity index (χ0) is 72.9. The number of aliphatic carboxylic acids is 1. The number of imidazole rings is 2. The van der Waals surface area contributed by atoms with Gasteiger partial charge in [-0.1, -0.05) is 105 Å². The first-order valence-electron chi connectivity index (χ1n) is 35.6. The molecule has 1 aliphatic carbocycles. The van der Waals surface area contributed by atoms with Crippen LogP contribution in [0.2, 0.25) is 0 Å². The zero-order valence-electron chi connectivity index (χ0n) is 58.3. The molecule has 33 heteroatoms. The Labute approximate surface area is 606 Å². The summed E-state index contributed by atoms with van der Waals surface area (Å²) < 4.78 is 5.21. The zero-order valence-corrected chi connectivity index (χ0v) is 62.4. The van der Waals surface area contributed by atoms with Crippen LogP contribution in [0.1, 0.15) is 162 Å². The molecule has 2 aromatic heterocycles. The van der Waals surface area contributed by atoms with E-state index in [1.165, 1.54) is 119 Å². The van der Waals surface area contributed by atoms with Gasteiger partial charge in [-0.2, -0.15) is 24.2 Å². The fourth-order valence-electron chi connectivity index (χ4n) is 13.5. The number of carbonyl (C=O) groups is 8. The van der Waals surface area contributed by atoms with Gasteiger partial charge in [0.2, 0.25) is 47.1 Å². The fourth-order valence-corrected chi connectivity index (χ4v) is 14.7. The number of rotatable bonds is 29. The molecule has 7 amide bonds. The number of thioether (sulfide) groups is 1. The second-order valence-electron chi connectivity index (χ2n) is 28.0. The molecule has 15 unspecified atom stereocenters. The molecule has 1 saturated carbocycles. The molecule has 9 rings (SSSR count). The summed E-state index contributed by atoms with van der Waals surface area (Å²) in [5.41, 5.74) is 1.32. The van der Waals surface area contributed by atoms with Crippen molar-refractivity contribution < 1.29 is 91.3 Å². The summed E-state index contributed by atoms with van der Waals surface area (Å²) in [5, 5.41) is 95.7. The minimum atomic E-state index is -2.39. The van der Waals surface area contributed by atoms with Gasteiger partial charge in [-0.15, -0.1) is 37.9 Å². The molecule has 0 radical (unpaired) electrons. The Hall–Kier alpha value is -4.78. The maximum atomic E-state index is 14.1. The van der Waals surface area contributed by atoms with Gasteiger partial charge in [0.1, 0.15) is 42.5 Å². The first-order valence-corrected chi connectivity index (χ1v) is 39.8. The SMILES string of the molecule is C1CCC(C2CCCC[N-]2)[N-]C1.C1CCC(C2CCCC[N-]2)[N-]C1.CC(C)CC(NC(=O)C(Cc1cnc[nH]1)NC(=O)C(NCC1(O)OCC(O)C(O)C1O)C(C)C)C(=O)NC(C(=O)NC(CSC1CC(=O)N(CC2CCC(C(=O)NCCc3cnc[nH]3)CC2)C1=O)C(=O)O)C(C)O.[Cl][Os]. The Kier molecular flexibility index (Phi) is 36.6. The number of aromatic nitrogens is 4. The van der Waals surface area contributed by atoms with Crippen molar-refractivity contribution in [2.24, 2.45) is 23.7 Å². The number of hydrogen-bond donors (Lipinski definition) is 14. The van der Waals surface area contributed by atoms with Crippen molar-refractivity contribution in [3.05, 3.63) is 57.7 Å². The molecule has 7 fully saturated rings. The van der Waals surface area contributed by atoms with Crippen LogP contribution in [0.4, 0.5) is 0 Å². The van der Waals surface area contributed by atoms with E-state index in [2.05, 4.69) is 82.7 Å². The number of aliphatic hydroxyl groups is 5. The number of halogens is 1. The van der Waals surface area contributed by atoms with Crippen LogP contribution >= 0.6 is 21.4 Å². The Morgan fingerprint density at radius 3 is 1.69 bits per heavy atom. The summed E-state index contributed by atoms with van der Waals surface area (Å²) in [6.07, 6.45) is 18.0. The van der Waals surface area contributed by atoms with E-state index in [4.69, 9.17) is 4.74 Å². The number of ether oxygens (including phenoxy) is 1. The number of nitrogens with one attached hydrogen (secondary N) is 8. The standard InChI is InChI=1S/C47H73N11O15S.2C10H18N2.ClH.Os/c1-23(2)12-30(54-41(65)31(13-29-16-49-22-53-29)55-43(67)36(24(3)4)51-20-47(72)39(63)38(62)33(60)18-73-47)42(66)57-37(25(5)59)44(68)56-32(46(70)71)19-74-34-14-35(61)58(45(34)69)17-26-6-8-27(9-7-26)40(64)50-11-10-28-15-48-21-52-28;2*1-3-7-11-9(5-1)10-6-2-4-8-12-10;;/h15-16,21-27,30-34,36-39,51,59-60,62-63,72H,6-14,17-20H2,1-5H3,(H,48,52)(H,49,53)(H,50,64)(H,54,65)(H,55,67)(H,56,68)(H,57,66)(H,70,71);2*9-10H,1-8H2;1H;/q;2*-2;;+1/p-1. The van der Waals surface area contributed by atoms with Gasteiger partial charge >= 0.3 is 33.2 Å². The number of amides is 7. The number of hydrogen-bond acceptors (Lipinski definition) is 18. The van der Waals surface area contributed by atoms with Crippen LogP contribution < -0.4 is 31.9 Å². The number of carboxylic acid groups (broad SMARTS) is 1. The summed E-state index contributed by atoms with van der Waals surface area (Å²) in [7, 11) is 4.67. The molecular formula is C67H109ClN15O15OsS-4. The Morgan fingerprint density at radius 1 is 0.700 bits per heavy atom. The van der Waals surface area contributed by atoms with Crippen molar-refractivity contribution in [1.29, 1.82) is 0 Å². The molecule has 8 heterocycles. The van der Waals surface area contributed by atoms with E-state index in [0.29, 0.717) is 68.5 Å². The number of H-pyrrole nitrogens is 2. The normalized spacial score (nSPS) is 28.2. The molecule has 6 aliphatic heterocycles. The Balaban J connectivity index is 0.000000496. The molecule has 100 heavy (non-hydrogen) atoms. The monoisotopic (exact) mass is 1620 g/mol. The topological polar surface area (TPSA) is 456 Å². The molecule has 567 valence electrons. The van der Waals surface area contributed by atoms with E-state index in [1.807, 2.05) is 0 Å². The van der Waals surface area contributed by atoms with Crippen molar-refractivity contribution in [1.82, 2.24) is 56.7 Å². The second-order valence-corrected chi connectivity index (χ2v) is 29.2. The molecular weight excluding hydrogens is 1510 g/mol. The first-order chi connectivity index (χ1) is 47.9. The van der Waals surface area contributed by atoms with Gasteiger partial charge in [-0.05, 0) is 56.8 Å². The Bertz CT molecular complexity index is 2730. The number of aliphatic hydroxyl groups excluding tert-OH is 4. The third kappa shape index (κ3) is 26.7. The number of carboxylic acids is 1. The van der Waals surface area contributed by atoms with Crippen LogP contribution in [-0.2, 0) is 73.5 Å². The van der Waals surface area contributed by atoms with Crippen LogP contribution in [0.25, 0.3) is 21.3 Å². The van der Waals surface area contributed by atoms with Crippen molar-refractivity contribution in [2.75, 3.05) is 58.2 Å². The maximum absolute atomic E-state index is 14.1. The van der Waals surface area contributed by atoms with Gasteiger partial charge in [0.05, 0.1) is 43.2 Å². The summed E-state index contributed by atoms with van der Waals surface area (Å²) >= 11 is 2.21. The first kappa shape index (κ1) is 84.2. The van der Waals surface area contributed by atoms with E-state index in [1.54, 1.807) is 40.2 Å². The van der Waals surface area contributed by atoms with E-state index >= 15 is 0 Å². The van der Waals surface area contributed by atoms with E-state index < -0.39 is 126 Å². The van der Waals surface area contributed by atoms with Crippen LogP contribution in [0, 0.1) is 23.7 Å². The predicted octanol–water partition coefficient (Wildman–Crippen LogP) is 2.93. The third-order valence-electron chi connectivity index (χ3n) is 19.4. The fraction of sp³-hybridized carbons (Fsp3) is 0.791. The summed E-state index contributed by atoms with van der Waals surface area (Å²) in [6, 6.07) is -4.85. The average Bonchev–Trinajstić information content (AvgIpc) is 1.03. The number of likely N-dealkylation sites (tertiary alicyclic amines) is 1. The van der Waals surface area contributed by atoms with Gasteiger partial charge in [0.25, 0.3) is 0 Å². The Morgan fingerprint density at radius 2 is 1.21 bits per heavy atom. The second kappa shape index (κ2) is 43.5. The molecule has 30 nitrogen and oxygen atoms in total.